The van der Waals surface area contributed by atoms with Crippen LogP contribution < -0.4 is 10.1 Å². The molecular formula is C17H18N2O. The van der Waals surface area contributed by atoms with Crippen molar-refractivity contribution in [3.8, 4) is 11.8 Å². The average molecular weight is 266 g/mol. The van der Waals surface area contributed by atoms with E-state index in [4.69, 9.17) is 10.00 Å². The Morgan fingerprint density at radius 2 is 1.95 bits per heavy atom. The minimum atomic E-state index is 0.469. The van der Waals surface area contributed by atoms with Crippen molar-refractivity contribution in [3.63, 3.8) is 0 Å². The molecule has 0 amide bonds. The molecule has 0 bridgehead atoms. The molecule has 0 saturated heterocycles. The third-order valence-corrected chi connectivity index (χ3v) is 2.90. The van der Waals surface area contributed by atoms with Gasteiger partial charge >= 0.3 is 0 Å². The molecule has 0 radical (unpaired) electrons. The van der Waals surface area contributed by atoms with E-state index in [9.17, 15) is 0 Å². The molecule has 3 nitrogen and oxygen atoms in total. The van der Waals surface area contributed by atoms with Gasteiger partial charge in [-0.3, -0.25) is 0 Å². The summed E-state index contributed by atoms with van der Waals surface area (Å²) in [6.45, 7) is 3.58. The van der Waals surface area contributed by atoms with Crippen LogP contribution in [0.2, 0.25) is 0 Å². The highest BCUT2D eigenvalue weighted by molar-refractivity contribution is 5.46. The van der Waals surface area contributed by atoms with E-state index in [0.29, 0.717) is 12.2 Å². The molecule has 0 heterocycles. The summed E-state index contributed by atoms with van der Waals surface area (Å²) in [7, 11) is 0. The van der Waals surface area contributed by atoms with Crippen LogP contribution in [0.3, 0.4) is 0 Å². The molecule has 0 fully saturated rings. The Kier molecular flexibility index (Phi) is 5.02. The van der Waals surface area contributed by atoms with Gasteiger partial charge in [-0.2, -0.15) is 5.26 Å². The molecule has 20 heavy (non-hydrogen) atoms. The first-order valence-corrected chi connectivity index (χ1v) is 6.77. The number of ether oxygens (including phenoxy) is 1. The van der Waals surface area contributed by atoms with Crippen molar-refractivity contribution >= 4 is 5.69 Å². The smallest absolute Gasteiger partial charge is 0.119 e. The van der Waals surface area contributed by atoms with E-state index < -0.39 is 0 Å². The summed E-state index contributed by atoms with van der Waals surface area (Å²) in [4.78, 5) is 0. The van der Waals surface area contributed by atoms with Gasteiger partial charge in [-0.15, -0.1) is 0 Å². The summed E-state index contributed by atoms with van der Waals surface area (Å²) < 4.78 is 5.71. The lowest BCUT2D eigenvalue weighted by molar-refractivity contribution is 0.306. The zero-order valence-corrected chi connectivity index (χ0v) is 11.6. The van der Waals surface area contributed by atoms with Crippen LogP contribution in [0.15, 0.2) is 48.5 Å². The maximum absolute atomic E-state index is 8.85. The van der Waals surface area contributed by atoms with E-state index in [1.165, 1.54) is 0 Å². The van der Waals surface area contributed by atoms with Crippen LogP contribution >= 0.6 is 0 Å². The van der Waals surface area contributed by atoms with Crippen molar-refractivity contribution in [1.82, 2.24) is 0 Å². The van der Waals surface area contributed by atoms with Crippen LogP contribution in [0.1, 0.15) is 24.5 Å². The largest absolute Gasteiger partial charge is 0.489 e. The van der Waals surface area contributed by atoms with Crippen LogP contribution in [0.25, 0.3) is 0 Å². The standard InChI is InChI=1S/C17H18N2O/c1-2-10-19-16-6-8-17(9-7-16)20-13-15-5-3-4-14(11-15)12-18/h3-9,11,19H,2,10,13H2,1H3. The van der Waals surface area contributed by atoms with Crippen LogP contribution in [-0.2, 0) is 6.61 Å². The minimum Gasteiger partial charge on any atom is -0.489 e. The van der Waals surface area contributed by atoms with Gasteiger partial charge in [0.2, 0.25) is 0 Å². The zero-order chi connectivity index (χ0) is 14.2. The van der Waals surface area contributed by atoms with Gasteiger partial charge in [0.1, 0.15) is 12.4 Å². The molecule has 2 aromatic carbocycles. The van der Waals surface area contributed by atoms with Crippen LogP contribution in [-0.4, -0.2) is 6.54 Å². The predicted octanol–water partition coefficient (Wildman–Crippen LogP) is 3.96. The van der Waals surface area contributed by atoms with Gasteiger partial charge < -0.3 is 10.1 Å². The van der Waals surface area contributed by atoms with Gasteiger partial charge in [0.25, 0.3) is 0 Å². The second-order valence-corrected chi connectivity index (χ2v) is 4.55. The fourth-order valence-electron chi connectivity index (χ4n) is 1.84. The molecule has 2 rings (SSSR count). The molecule has 1 N–H and O–H groups in total. The molecule has 0 aliphatic carbocycles. The summed E-state index contributed by atoms with van der Waals surface area (Å²) in [5.41, 5.74) is 2.76. The van der Waals surface area contributed by atoms with Crippen LogP contribution in [0.4, 0.5) is 5.69 Å². The molecule has 3 heteroatoms. The molecule has 0 atom stereocenters. The van der Waals surface area contributed by atoms with Gasteiger partial charge in [0.05, 0.1) is 11.6 Å². The topological polar surface area (TPSA) is 45.0 Å². The molecule has 0 saturated carbocycles. The van der Waals surface area contributed by atoms with E-state index in [-0.39, 0.29) is 0 Å². The molecule has 0 aromatic heterocycles. The van der Waals surface area contributed by atoms with Gasteiger partial charge in [0, 0.05) is 12.2 Å². The normalized spacial score (nSPS) is 9.80. The summed E-state index contributed by atoms with van der Waals surface area (Å²) in [5, 5.41) is 12.2. The van der Waals surface area contributed by atoms with Crippen molar-refractivity contribution in [1.29, 1.82) is 5.26 Å². The Morgan fingerprint density at radius 1 is 1.15 bits per heavy atom. The number of benzene rings is 2. The van der Waals surface area contributed by atoms with Gasteiger partial charge in [-0.05, 0) is 48.4 Å². The summed E-state index contributed by atoms with van der Waals surface area (Å²) in [5.74, 6) is 0.828. The van der Waals surface area contributed by atoms with E-state index >= 15 is 0 Å². The van der Waals surface area contributed by atoms with E-state index in [0.717, 1.165) is 30.0 Å². The van der Waals surface area contributed by atoms with E-state index in [1.54, 1.807) is 6.07 Å². The summed E-state index contributed by atoms with van der Waals surface area (Å²) in [6, 6.07) is 17.5. The zero-order valence-electron chi connectivity index (χ0n) is 11.6. The average Bonchev–Trinajstić information content (AvgIpc) is 2.52. The highest BCUT2D eigenvalue weighted by Crippen LogP contribution is 2.17. The Balaban J connectivity index is 1.92. The summed E-state index contributed by atoms with van der Waals surface area (Å²) in [6.07, 6.45) is 1.10. The first-order valence-electron chi connectivity index (χ1n) is 6.77. The molecule has 0 aliphatic heterocycles. The number of hydrogen-bond acceptors (Lipinski definition) is 3. The number of nitriles is 1. The fourth-order valence-corrected chi connectivity index (χ4v) is 1.84. The predicted molar refractivity (Wildman–Crippen MR) is 80.7 cm³/mol. The molecular weight excluding hydrogens is 248 g/mol. The maximum atomic E-state index is 8.85. The van der Waals surface area contributed by atoms with E-state index in [2.05, 4.69) is 18.3 Å². The molecule has 0 unspecified atom stereocenters. The second kappa shape index (κ2) is 7.20. The summed E-state index contributed by atoms with van der Waals surface area (Å²) >= 11 is 0. The number of rotatable bonds is 6. The minimum absolute atomic E-state index is 0.469. The number of nitrogens with one attached hydrogen (secondary N) is 1. The maximum Gasteiger partial charge on any atom is 0.119 e. The highest BCUT2D eigenvalue weighted by atomic mass is 16.5. The third kappa shape index (κ3) is 4.03. The Hall–Kier alpha value is -2.47. The van der Waals surface area contributed by atoms with Crippen molar-refractivity contribution in [2.45, 2.75) is 20.0 Å². The molecule has 0 spiro atoms. The highest BCUT2D eigenvalue weighted by Gasteiger charge is 1.98. The first-order chi connectivity index (χ1) is 9.81. The van der Waals surface area contributed by atoms with Gasteiger partial charge in [-0.25, -0.2) is 0 Å². The van der Waals surface area contributed by atoms with Crippen molar-refractivity contribution in [2.24, 2.45) is 0 Å². The van der Waals surface area contributed by atoms with E-state index in [1.807, 2.05) is 42.5 Å². The lowest BCUT2D eigenvalue weighted by atomic mass is 10.1. The Bertz CT molecular complexity index is 585. The van der Waals surface area contributed by atoms with Gasteiger partial charge in [0.15, 0.2) is 0 Å². The lowest BCUT2D eigenvalue weighted by Crippen LogP contribution is -1.99. The monoisotopic (exact) mass is 266 g/mol. The number of nitrogens with zero attached hydrogens (tertiary/aromatic N) is 1. The van der Waals surface area contributed by atoms with Crippen molar-refractivity contribution in [3.05, 3.63) is 59.7 Å². The number of anilines is 1. The fraction of sp³-hybridized carbons (Fsp3) is 0.235. The third-order valence-electron chi connectivity index (χ3n) is 2.90. The molecule has 102 valence electrons. The lowest BCUT2D eigenvalue weighted by Gasteiger charge is -2.08. The van der Waals surface area contributed by atoms with Crippen LogP contribution in [0.5, 0.6) is 5.75 Å². The first kappa shape index (κ1) is 14.0. The Labute approximate surface area is 119 Å². The molecule has 2 aromatic rings. The SMILES string of the molecule is CCCNc1ccc(OCc2cccc(C#N)c2)cc1. The number of hydrogen-bond donors (Lipinski definition) is 1. The quantitative estimate of drug-likeness (QED) is 0.860. The van der Waals surface area contributed by atoms with Gasteiger partial charge in [-0.1, -0.05) is 19.1 Å². The Morgan fingerprint density at radius 3 is 2.65 bits per heavy atom. The second-order valence-electron chi connectivity index (χ2n) is 4.55. The molecule has 0 aliphatic rings. The van der Waals surface area contributed by atoms with Crippen molar-refractivity contribution in [2.75, 3.05) is 11.9 Å². The van der Waals surface area contributed by atoms with Crippen molar-refractivity contribution < 1.29 is 4.74 Å². The van der Waals surface area contributed by atoms with Crippen LogP contribution in [0, 0.1) is 11.3 Å².